The fourth-order valence-corrected chi connectivity index (χ4v) is 3.03. The Labute approximate surface area is 128 Å². The maximum atomic E-state index is 12.0. The minimum atomic E-state index is -0.452. The van der Waals surface area contributed by atoms with Gasteiger partial charge in [-0.1, -0.05) is 0 Å². The number of ether oxygens (including phenoxy) is 1. The van der Waals surface area contributed by atoms with E-state index in [9.17, 15) is 4.79 Å². The predicted molar refractivity (Wildman–Crippen MR) is 81.4 cm³/mol. The fourth-order valence-electron chi connectivity index (χ4n) is 3.03. The van der Waals surface area contributed by atoms with Gasteiger partial charge in [0.05, 0.1) is 5.41 Å². The summed E-state index contributed by atoms with van der Waals surface area (Å²) in [6, 6.07) is 0. The van der Waals surface area contributed by atoms with Crippen LogP contribution < -0.4 is 0 Å². The molecule has 2 aliphatic rings. The zero-order valence-corrected chi connectivity index (χ0v) is 13.9. The van der Waals surface area contributed by atoms with Crippen molar-refractivity contribution in [1.29, 1.82) is 0 Å². The molecule has 2 aliphatic heterocycles. The van der Waals surface area contributed by atoms with Crippen LogP contribution in [0.15, 0.2) is 0 Å². The van der Waals surface area contributed by atoms with E-state index in [2.05, 4.69) is 11.8 Å². The van der Waals surface area contributed by atoms with Gasteiger partial charge in [0, 0.05) is 38.7 Å². The van der Waals surface area contributed by atoms with Crippen molar-refractivity contribution in [3.8, 4) is 0 Å². The lowest BCUT2D eigenvalue weighted by Gasteiger charge is -2.32. The van der Waals surface area contributed by atoms with Gasteiger partial charge in [-0.25, -0.2) is 4.79 Å². The van der Waals surface area contributed by atoms with Crippen LogP contribution in [0.3, 0.4) is 0 Å². The lowest BCUT2D eigenvalue weighted by molar-refractivity contribution is -0.197. The second-order valence-electron chi connectivity index (χ2n) is 7.15. The number of hydrogen-bond acceptors (Lipinski definition) is 5. The van der Waals surface area contributed by atoms with Gasteiger partial charge in [0.25, 0.3) is 0 Å². The molecule has 0 saturated carbocycles. The first-order chi connectivity index (χ1) is 9.91. The topological polar surface area (TPSA) is 42.0 Å². The standard InChI is InChI=1S/C16H30N2O3/c1-5-20-14(17-9-6-7-10-17)13-8-11-18(12-13)21-15(19)16(2,3)4/h13-14H,5-12H2,1-4H3. The van der Waals surface area contributed by atoms with Crippen molar-refractivity contribution in [2.24, 2.45) is 11.3 Å². The summed E-state index contributed by atoms with van der Waals surface area (Å²) in [7, 11) is 0. The van der Waals surface area contributed by atoms with Crippen molar-refractivity contribution in [3.63, 3.8) is 0 Å². The molecule has 0 aliphatic carbocycles. The Morgan fingerprint density at radius 2 is 1.90 bits per heavy atom. The smallest absolute Gasteiger partial charge is 0.330 e. The first-order valence-electron chi connectivity index (χ1n) is 8.25. The van der Waals surface area contributed by atoms with Gasteiger partial charge in [-0.2, -0.15) is 0 Å². The third-order valence-corrected chi connectivity index (χ3v) is 4.25. The highest BCUT2D eigenvalue weighted by atomic mass is 16.7. The first-order valence-corrected chi connectivity index (χ1v) is 8.25. The summed E-state index contributed by atoms with van der Waals surface area (Å²) in [5.41, 5.74) is -0.452. The molecule has 2 heterocycles. The molecule has 2 fully saturated rings. The molecule has 0 bridgehead atoms. The Hall–Kier alpha value is -0.650. The summed E-state index contributed by atoms with van der Waals surface area (Å²) in [6.07, 6.45) is 3.73. The van der Waals surface area contributed by atoms with E-state index in [1.54, 1.807) is 0 Å². The van der Waals surface area contributed by atoms with E-state index >= 15 is 0 Å². The van der Waals surface area contributed by atoms with Gasteiger partial charge in [-0.15, -0.1) is 5.06 Å². The Kier molecular flexibility index (Phi) is 5.63. The maximum absolute atomic E-state index is 12.0. The number of carbonyl (C=O) groups excluding carboxylic acids is 1. The van der Waals surface area contributed by atoms with Crippen LogP contribution in [0.5, 0.6) is 0 Å². The van der Waals surface area contributed by atoms with E-state index < -0.39 is 5.41 Å². The van der Waals surface area contributed by atoms with Gasteiger partial charge in [0.2, 0.25) is 0 Å². The highest BCUT2D eigenvalue weighted by Crippen LogP contribution is 2.28. The SMILES string of the molecule is CCOC(C1CCN(OC(=O)C(C)(C)C)C1)N1CCCC1. The van der Waals surface area contributed by atoms with Gasteiger partial charge < -0.3 is 9.57 Å². The second kappa shape index (κ2) is 7.07. The van der Waals surface area contributed by atoms with Crippen molar-refractivity contribution in [2.75, 3.05) is 32.8 Å². The maximum Gasteiger partial charge on any atom is 0.330 e. The number of hydrogen-bond donors (Lipinski definition) is 0. The minimum Gasteiger partial charge on any atom is -0.367 e. The zero-order chi connectivity index (χ0) is 15.5. The van der Waals surface area contributed by atoms with Gasteiger partial charge in [0.1, 0.15) is 6.23 Å². The molecule has 2 atom stereocenters. The first kappa shape index (κ1) is 16.7. The van der Waals surface area contributed by atoms with Crippen molar-refractivity contribution in [1.82, 2.24) is 9.96 Å². The molecule has 0 aromatic heterocycles. The molecule has 5 nitrogen and oxygen atoms in total. The summed E-state index contributed by atoms with van der Waals surface area (Å²) in [4.78, 5) is 19.9. The van der Waals surface area contributed by atoms with Crippen LogP contribution in [0.25, 0.3) is 0 Å². The van der Waals surface area contributed by atoms with Crippen LogP contribution in [-0.2, 0) is 14.4 Å². The quantitative estimate of drug-likeness (QED) is 0.779. The molecule has 0 radical (unpaired) electrons. The molecule has 21 heavy (non-hydrogen) atoms. The molecule has 0 aromatic carbocycles. The summed E-state index contributed by atoms with van der Waals surface area (Å²) in [5.74, 6) is 0.271. The highest BCUT2D eigenvalue weighted by Gasteiger charge is 2.37. The van der Waals surface area contributed by atoms with Crippen LogP contribution in [0.2, 0.25) is 0 Å². The van der Waals surface area contributed by atoms with Crippen LogP contribution in [-0.4, -0.2) is 54.9 Å². The van der Waals surface area contributed by atoms with Crippen molar-refractivity contribution in [2.45, 2.75) is 53.2 Å². The minimum absolute atomic E-state index is 0.155. The average molecular weight is 298 g/mol. The summed E-state index contributed by atoms with van der Waals surface area (Å²) < 4.78 is 5.99. The number of likely N-dealkylation sites (tertiary alicyclic amines) is 1. The Balaban J connectivity index is 1.88. The number of nitrogens with zero attached hydrogens (tertiary/aromatic N) is 2. The van der Waals surface area contributed by atoms with Crippen LogP contribution >= 0.6 is 0 Å². The molecule has 0 amide bonds. The molecular formula is C16H30N2O3. The molecule has 0 aromatic rings. The van der Waals surface area contributed by atoms with E-state index in [1.165, 1.54) is 12.8 Å². The molecule has 2 unspecified atom stereocenters. The van der Waals surface area contributed by atoms with E-state index in [1.807, 2.05) is 25.8 Å². The van der Waals surface area contributed by atoms with Crippen molar-refractivity contribution in [3.05, 3.63) is 0 Å². The Morgan fingerprint density at radius 1 is 1.24 bits per heavy atom. The van der Waals surface area contributed by atoms with E-state index in [0.717, 1.165) is 39.2 Å². The van der Waals surface area contributed by atoms with Crippen LogP contribution in [0.4, 0.5) is 0 Å². The van der Waals surface area contributed by atoms with Gasteiger partial charge in [-0.3, -0.25) is 4.90 Å². The molecule has 0 N–H and O–H groups in total. The molecule has 2 saturated heterocycles. The lowest BCUT2D eigenvalue weighted by Crippen LogP contribution is -2.42. The van der Waals surface area contributed by atoms with Crippen molar-refractivity contribution >= 4 is 5.97 Å². The predicted octanol–water partition coefficient (Wildman–Crippen LogP) is 2.27. The Bertz CT molecular complexity index is 348. The zero-order valence-electron chi connectivity index (χ0n) is 13.9. The van der Waals surface area contributed by atoms with Gasteiger partial charge in [0.15, 0.2) is 0 Å². The fraction of sp³-hybridized carbons (Fsp3) is 0.938. The van der Waals surface area contributed by atoms with Gasteiger partial charge >= 0.3 is 5.97 Å². The normalized spacial score (nSPS) is 26.2. The molecule has 5 heteroatoms. The van der Waals surface area contributed by atoms with Crippen molar-refractivity contribution < 1.29 is 14.4 Å². The second-order valence-corrected chi connectivity index (χ2v) is 7.15. The largest absolute Gasteiger partial charge is 0.367 e. The summed E-state index contributed by atoms with van der Waals surface area (Å²) in [5, 5.41) is 1.82. The van der Waals surface area contributed by atoms with E-state index in [-0.39, 0.29) is 12.2 Å². The average Bonchev–Trinajstić information content (AvgIpc) is 3.06. The van der Waals surface area contributed by atoms with Crippen LogP contribution in [0.1, 0.15) is 47.0 Å². The van der Waals surface area contributed by atoms with E-state index in [4.69, 9.17) is 9.57 Å². The molecule has 122 valence electrons. The molecular weight excluding hydrogens is 268 g/mol. The number of rotatable bonds is 5. The van der Waals surface area contributed by atoms with E-state index in [0.29, 0.717) is 5.92 Å². The highest BCUT2D eigenvalue weighted by molar-refractivity contribution is 5.75. The summed E-state index contributed by atoms with van der Waals surface area (Å²) >= 11 is 0. The van der Waals surface area contributed by atoms with Gasteiger partial charge in [-0.05, 0) is 47.0 Å². The third-order valence-electron chi connectivity index (χ3n) is 4.25. The number of carbonyl (C=O) groups is 1. The monoisotopic (exact) mass is 298 g/mol. The number of hydroxylamine groups is 2. The third kappa shape index (κ3) is 4.41. The Morgan fingerprint density at radius 3 is 2.48 bits per heavy atom. The van der Waals surface area contributed by atoms with Crippen LogP contribution in [0, 0.1) is 11.3 Å². The summed E-state index contributed by atoms with van der Waals surface area (Å²) in [6.45, 7) is 12.3. The molecule has 2 rings (SSSR count). The lowest BCUT2D eigenvalue weighted by atomic mass is 9.98. The molecule has 0 spiro atoms.